The Labute approximate surface area is 187 Å². The third-order valence-corrected chi connectivity index (χ3v) is 5.30. The molecule has 3 N–H and O–H groups in total. The molecule has 4 rings (SSSR count). The zero-order valence-corrected chi connectivity index (χ0v) is 18.1. The molecule has 0 aliphatic carbocycles. The number of halogens is 1. The number of fused-ring (bicyclic) bond motifs is 1. The topological polar surface area (TPSA) is 83.2 Å². The van der Waals surface area contributed by atoms with Crippen LogP contribution in [0.2, 0.25) is 0 Å². The van der Waals surface area contributed by atoms with E-state index in [9.17, 15) is 9.59 Å². The van der Waals surface area contributed by atoms with Gasteiger partial charge in [-0.15, -0.1) is 0 Å². The predicted octanol–water partition coefficient (Wildman–Crippen LogP) is 5.27. The minimum atomic E-state index is -0.834. The van der Waals surface area contributed by atoms with Crippen LogP contribution in [-0.2, 0) is 11.2 Å². The molecule has 0 saturated heterocycles. The normalized spacial score (nSPS) is 11.6. The number of H-pyrrole nitrogens is 1. The Hall–Kier alpha value is -3.58. The van der Waals surface area contributed by atoms with Gasteiger partial charge < -0.3 is 20.4 Å². The highest BCUT2D eigenvalue weighted by atomic mass is 79.9. The molecule has 6 nitrogen and oxygen atoms in total. The molecule has 0 unspecified atom stereocenters. The van der Waals surface area contributed by atoms with Crippen LogP contribution in [0.1, 0.15) is 5.56 Å². The van der Waals surface area contributed by atoms with Crippen LogP contribution in [0.4, 0.5) is 10.5 Å². The maximum atomic E-state index is 13.0. The van der Waals surface area contributed by atoms with E-state index >= 15 is 0 Å². The van der Waals surface area contributed by atoms with Crippen molar-refractivity contribution in [2.24, 2.45) is 0 Å². The summed E-state index contributed by atoms with van der Waals surface area (Å²) in [5.74, 6) is 0.0665. The quantitative estimate of drug-likeness (QED) is 0.353. The number of ether oxygens (including phenoxy) is 1. The highest BCUT2D eigenvalue weighted by Gasteiger charge is 2.24. The molecule has 0 radical (unpaired) electrons. The molecule has 0 fully saturated rings. The number of hydrogen-bond acceptors (Lipinski definition) is 3. The summed E-state index contributed by atoms with van der Waals surface area (Å²) in [6.07, 6.45) is 1.47. The van der Waals surface area contributed by atoms with E-state index < -0.39 is 12.1 Å². The Morgan fingerprint density at radius 3 is 2.42 bits per heavy atom. The number of anilines is 1. The highest BCUT2D eigenvalue weighted by Crippen LogP contribution is 2.20. The van der Waals surface area contributed by atoms with Crippen molar-refractivity contribution in [1.82, 2.24) is 10.3 Å². The molecule has 31 heavy (non-hydrogen) atoms. The van der Waals surface area contributed by atoms with Gasteiger partial charge in [0.1, 0.15) is 11.8 Å². The van der Waals surface area contributed by atoms with Crippen LogP contribution in [-0.4, -0.2) is 23.0 Å². The van der Waals surface area contributed by atoms with Crippen molar-refractivity contribution in [2.75, 3.05) is 5.32 Å². The predicted molar refractivity (Wildman–Crippen MR) is 124 cm³/mol. The number of benzene rings is 3. The number of amides is 2. The second-order valence-corrected chi connectivity index (χ2v) is 7.87. The van der Waals surface area contributed by atoms with Crippen molar-refractivity contribution in [3.63, 3.8) is 0 Å². The lowest BCUT2D eigenvalue weighted by Gasteiger charge is -2.18. The van der Waals surface area contributed by atoms with Crippen molar-refractivity contribution in [2.45, 2.75) is 12.5 Å². The number of aromatic nitrogens is 1. The van der Waals surface area contributed by atoms with Crippen LogP contribution in [0, 0.1) is 0 Å². The van der Waals surface area contributed by atoms with Gasteiger partial charge in [-0.1, -0.05) is 52.3 Å². The molecule has 0 aliphatic heterocycles. The third-order valence-electron chi connectivity index (χ3n) is 4.77. The molecule has 1 aromatic heterocycles. The fourth-order valence-corrected chi connectivity index (χ4v) is 3.52. The van der Waals surface area contributed by atoms with Gasteiger partial charge in [0, 0.05) is 33.7 Å². The molecule has 1 atom stereocenters. The molecular formula is C24H20BrN3O3. The standard InChI is InChI=1S/C24H20BrN3O3/c25-17-10-12-18(13-11-17)27-23(29)22(28-24(30)31-19-6-2-1-3-7-19)14-16-15-26-21-9-5-4-8-20(16)21/h1-13,15,22,26H,14H2,(H,27,29)(H,28,30)/t22-/m0/s1. The number of rotatable bonds is 6. The van der Waals surface area contributed by atoms with Gasteiger partial charge in [0.05, 0.1) is 0 Å². The average Bonchev–Trinajstić information content (AvgIpc) is 3.18. The lowest BCUT2D eigenvalue weighted by molar-refractivity contribution is -0.118. The van der Waals surface area contributed by atoms with Crippen molar-refractivity contribution < 1.29 is 14.3 Å². The Bertz CT molecular complexity index is 1190. The Kier molecular flexibility index (Phi) is 6.33. The van der Waals surface area contributed by atoms with E-state index in [2.05, 4.69) is 31.5 Å². The fraction of sp³-hybridized carbons (Fsp3) is 0.0833. The molecule has 7 heteroatoms. The lowest BCUT2D eigenvalue weighted by atomic mass is 10.0. The molecule has 0 bridgehead atoms. The van der Waals surface area contributed by atoms with Gasteiger partial charge in [-0.2, -0.15) is 0 Å². The van der Waals surface area contributed by atoms with Gasteiger partial charge in [0.2, 0.25) is 5.91 Å². The van der Waals surface area contributed by atoms with Crippen LogP contribution >= 0.6 is 15.9 Å². The minimum Gasteiger partial charge on any atom is -0.410 e. The second-order valence-electron chi connectivity index (χ2n) is 6.96. The van der Waals surface area contributed by atoms with E-state index in [0.717, 1.165) is 20.9 Å². The second kappa shape index (κ2) is 9.49. The lowest BCUT2D eigenvalue weighted by Crippen LogP contribution is -2.46. The average molecular weight is 478 g/mol. The summed E-state index contributed by atoms with van der Waals surface area (Å²) in [5.41, 5.74) is 2.53. The Morgan fingerprint density at radius 1 is 0.935 bits per heavy atom. The maximum Gasteiger partial charge on any atom is 0.413 e. The van der Waals surface area contributed by atoms with E-state index in [1.54, 1.807) is 36.4 Å². The first-order chi connectivity index (χ1) is 15.1. The number of carbonyl (C=O) groups excluding carboxylic acids is 2. The monoisotopic (exact) mass is 477 g/mol. The number of para-hydroxylation sites is 2. The van der Waals surface area contributed by atoms with Gasteiger partial charge in [-0.25, -0.2) is 4.79 Å². The van der Waals surface area contributed by atoms with Gasteiger partial charge in [-0.05, 0) is 48.0 Å². The minimum absolute atomic E-state index is 0.302. The summed E-state index contributed by atoms with van der Waals surface area (Å²) >= 11 is 3.38. The fourth-order valence-electron chi connectivity index (χ4n) is 3.26. The van der Waals surface area contributed by atoms with Crippen LogP contribution in [0.5, 0.6) is 5.75 Å². The zero-order valence-electron chi connectivity index (χ0n) is 16.5. The molecule has 1 heterocycles. The van der Waals surface area contributed by atoms with Crippen molar-refractivity contribution >= 4 is 44.5 Å². The number of nitrogens with one attached hydrogen (secondary N) is 3. The van der Waals surface area contributed by atoms with Gasteiger partial charge in [0.15, 0.2) is 0 Å². The highest BCUT2D eigenvalue weighted by molar-refractivity contribution is 9.10. The first-order valence-corrected chi connectivity index (χ1v) is 10.5. The SMILES string of the molecule is O=C(N[C@@H](Cc1c[nH]c2ccccc12)C(=O)Nc1ccc(Br)cc1)Oc1ccccc1. The first-order valence-electron chi connectivity index (χ1n) is 9.73. The summed E-state index contributed by atoms with van der Waals surface area (Å²) < 4.78 is 6.23. The molecule has 3 aromatic carbocycles. The molecule has 156 valence electrons. The van der Waals surface area contributed by atoms with E-state index in [-0.39, 0.29) is 5.91 Å². The van der Waals surface area contributed by atoms with Crippen molar-refractivity contribution in [3.05, 3.63) is 95.1 Å². The van der Waals surface area contributed by atoms with E-state index in [4.69, 9.17) is 4.74 Å². The molecule has 0 saturated carbocycles. The summed E-state index contributed by atoms with van der Waals surface area (Å²) in [7, 11) is 0. The van der Waals surface area contributed by atoms with Crippen LogP contribution < -0.4 is 15.4 Å². The molecular weight excluding hydrogens is 458 g/mol. The summed E-state index contributed by atoms with van der Waals surface area (Å²) in [4.78, 5) is 28.7. The van der Waals surface area contributed by atoms with E-state index in [1.807, 2.05) is 48.7 Å². The maximum absolute atomic E-state index is 13.0. The smallest absolute Gasteiger partial charge is 0.410 e. The summed E-state index contributed by atoms with van der Waals surface area (Å²) in [5, 5.41) is 6.56. The van der Waals surface area contributed by atoms with Crippen molar-refractivity contribution in [3.8, 4) is 5.75 Å². The van der Waals surface area contributed by atoms with Crippen LogP contribution in [0.15, 0.2) is 89.5 Å². The molecule has 2 amide bonds. The number of aromatic amines is 1. The zero-order chi connectivity index (χ0) is 21.6. The number of hydrogen-bond donors (Lipinski definition) is 3. The largest absolute Gasteiger partial charge is 0.413 e. The first kappa shape index (κ1) is 20.7. The Balaban J connectivity index is 1.54. The van der Waals surface area contributed by atoms with Crippen LogP contribution in [0.25, 0.3) is 10.9 Å². The molecule has 4 aromatic rings. The van der Waals surface area contributed by atoms with E-state index in [1.165, 1.54) is 0 Å². The van der Waals surface area contributed by atoms with Gasteiger partial charge in [-0.3, -0.25) is 4.79 Å². The number of carbonyl (C=O) groups is 2. The molecule has 0 spiro atoms. The van der Waals surface area contributed by atoms with Crippen molar-refractivity contribution in [1.29, 1.82) is 0 Å². The van der Waals surface area contributed by atoms with E-state index in [0.29, 0.717) is 17.9 Å². The summed E-state index contributed by atoms with van der Waals surface area (Å²) in [6.45, 7) is 0. The summed E-state index contributed by atoms with van der Waals surface area (Å²) in [6, 6.07) is 23.0. The third kappa shape index (κ3) is 5.32. The molecule has 0 aliphatic rings. The van der Waals surface area contributed by atoms with Gasteiger partial charge >= 0.3 is 6.09 Å². The Morgan fingerprint density at radius 2 is 1.65 bits per heavy atom. The van der Waals surface area contributed by atoms with Gasteiger partial charge in [0.25, 0.3) is 0 Å². The van der Waals surface area contributed by atoms with Crippen LogP contribution in [0.3, 0.4) is 0 Å².